The average Bonchev–Trinajstić information content (AvgIpc) is 3.04. The zero-order valence-electron chi connectivity index (χ0n) is 14.5. The normalized spacial score (nSPS) is 19.7. The minimum Gasteiger partial charge on any atom is -0.497 e. The molecule has 5 heteroatoms. The van der Waals surface area contributed by atoms with E-state index in [4.69, 9.17) is 9.47 Å². The van der Waals surface area contributed by atoms with E-state index < -0.39 is 6.10 Å². The molecule has 1 heterocycles. The average molecular weight is 341 g/mol. The quantitative estimate of drug-likeness (QED) is 0.908. The summed E-state index contributed by atoms with van der Waals surface area (Å²) in [5.41, 5.74) is 1.91. The highest BCUT2D eigenvalue weighted by Gasteiger charge is 2.35. The van der Waals surface area contributed by atoms with Crippen molar-refractivity contribution in [1.29, 1.82) is 0 Å². The number of nitrogens with zero attached hydrogens (tertiary/aromatic N) is 1. The lowest BCUT2D eigenvalue weighted by molar-refractivity contribution is -0.131. The van der Waals surface area contributed by atoms with Crippen LogP contribution in [0, 0.1) is 0 Å². The summed E-state index contributed by atoms with van der Waals surface area (Å²) in [7, 11) is 3.24. The van der Waals surface area contributed by atoms with E-state index in [-0.39, 0.29) is 11.9 Å². The van der Waals surface area contributed by atoms with Crippen molar-refractivity contribution in [3.8, 4) is 11.5 Å². The first-order valence-corrected chi connectivity index (χ1v) is 8.35. The van der Waals surface area contributed by atoms with Crippen LogP contribution in [0.4, 0.5) is 0 Å². The van der Waals surface area contributed by atoms with Crippen LogP contribution in [-0.4, -0.2) is 42.8 Å². The molecule has 0 aromatic heterocycles. The predicted octanol–water partition coefficient (Wildman–Crippen LogP) is 2.58. The monoisotopic (exact) mass is 341 g/mol. The standard InChI is InChI=1S/C20H23NO4/c1-24-17-8-6-14(7-9-17)10-20(23)21-13-16(22)12-19(21)15-4-3-5-18(11-15)25-2/h3-9,11,16,19,22H,10,12-13H2,1-2H3/t16-,19+/m0/s1. The third kappa shape index (κ3) is 3.94. The fourth-order valence-electron chi connectivity index (χ4n) is 3.27. The Morgan fingerprint density at radius 3 is 2.52 bits per heavy atom. The summed E-state index contributed by atoms with van der Waals surface area (Å²) in [6.07, 6.45) is 0.342. The number of likely N-dealkylation sites (tertiary alicyclic amines) is 1. The molecule has 1 aliphatic heterocycles. The molecule has 2 aromatic carbocycles. The number of aliphatic hydroxyl groups is 1. The van der Waals surface area contributed by atoms with Crippen molar-refractivity contribution in [2.45, 2.75) is 25.0 Å². The molecular formula is C20H23NO4. The lowest BCUT2D eigenvalue weighted by atomic mass is 10.0. The van der Waals surface area contributed by atoms with Crippen molar-refractivity contribution in [2.75, 3.05) is 20.8 Å². The van der Waals surface area contributed by atoms with Crippen LogP contribution in [0.5, 0.6) is 11.5 Å². The Morgan fingerprint density at radius 2 is 1.84 bits per heavy atom. The molecule has 2 atom stereocenters. The molecule has 2 aromatic rings. The van der Waals surface area contributed by atoms with Gasteiger partial charge < -0.3 is 19.5 Å². The van der Waals surface area contributed by atoms with Gasteiger partial charge in [-0.25, -0.2) is 0 Å². The van der Waals surface area contributed by atoms with Gasteiger partial charge in [-0.15, -0.1) is 0 Å². The van der Waals surface area contributed by atoms with Gasteiger partial charge >= 0.3 is 0 Å². The maximum absolute atomic E-state index is 12.8. The highest BCUT2D eigenvalue weighted by Crippen LogP contribution is 2.34. The van der Waals surface area contributed by atoms with Crippen LogP contribution in [0.3, 0.4) is 0 Å². The predicted molar refractivity (Wildman–Crippen MR) is 94.8 cm³/mol. The maximum Gasteiger partial charge on any atom is 0.227 e. The van der Waals surface area contributed by atoms with E-state index in [2.05, 4.69) is 0 Å². The first kappa shape index (κ1) is 17.3. The lowest BCUT2D eigenvalue weighted by Gasteiger charge is -2.25. The molecular weight excluding hydrogens is 318 g/mol. The molecule has 1 N–H and O–H groups in total. The summed E-state index contributed by atoms with van der Waals surface area (Å²) in [6, 6.07) is 15.0. The van der Waals surface area contributed by atoms with Crippen molar-refractivity contribution in [3.63, 3.8) is 0 Å². The third-order valence-electron chi connectivity index (χ3n) is 4.59. The van der Waals surface area contributed by atoms with Crippen LogP contribution in [0.2, 0.25) is 0 Å². The minimum absolute atomic E-state index is 0.00883. The second kappa shape index (κ2) is 7.57. The van der Waals surface area contributed by atoms with Crippen LogP contribution in [0.15, 0.2) is 48.5 Å². The van der Waals surface area contributed by atoms with Gasteiger partial charge in [-0.3, -0.25) is 4.79 Å². The summed E-state index contributed by atoms with van der Waals surface area (Å²) in [5, 5.41) is 10.1. The molecule has 0 bridgehead atoms. The molecule has 0 saturated carbocycles. The maximum atomic E-state index is 12.8. The fraction of sp³-hybridized carbons (Fsp3) is 0.350. The van der Waals surface area contributed by atoms with Crippen molar-refractivity contribution >= 4 is 5.91 Å². The molecule has 0 aliphatic carbocycles. The molecule has 1 aliphatic rings. The van der Waals surface area contributed by atoms with Crippen LogP contribution in [-0.2, 0) is 11.2 Å². The molecule has 25 heavy (non-hydrogen) atoms. The molecule has 5 nitrogen and oxygen atoms in total. The Balaban J connectivity index is 1.76. The molecule has 3 rings (SSSR count). The molecule has 0 radical (unpaired) electrons. The molecule has 0 unspecified atom stereocenters. The first-order chi connectivity index (χ1) is 12.1. The number of aliphatic hydroxyl groups excluding tert-OH is 1. The Morgan fingerprint density at radius 1 is 1.12 bits per heavy atom. The Kier molecular flexibility index (Phi) is 5.24. The second-order valence-corrected chi connectivity index (χ2v) is 6.25. The third-order valence-corrected chi connectivity index (χ3v) is 4.59. The van der Waals surface area contributed by atoms with Gasteiger partial charge in [0, 0.05) is 6.54 Å². The summed E-state index contributed by atoms with van der Waals surface area (Å²) < 4.78 is 10.4. The van der Waals surface area contributed by atoms with Gasteiger partial charge in [-0.05, 0) is 41.8 Å². The van der Waals surface area contributed by atoms with Gasteiger partial charge in [0.1, 0.15) is 11.5 Å². The number of ether oxygens (including phenoxy) is 2. The van der Waals surface area contributed by atoms with Gasteiger partial charge in [-0.1, -0.05) is 24.3 Å². The minimum atomic E-state index is -0.504. The molecule has 132 valence electrons. The van der Waals surface area contributed by atoms with E-state index in [1.165, 1.54) is 0 Å². The summed E-state index contributed by atoms with van der Waals surface area (Å²) in [4.78, 5) is 14.6. The summed E-state index contributed by atoms with van der Waals surface area (Å²) in [5.74, 6) is 1.53. The van der Waals surface area contributed by atoms with Gasteiger partial charge in [0.2, 0.25) is 5.91 Å². The van der Waals surface area contributed by atoms with E-state index >= 15 is 0 Å². The van der Waals surface area contributed by atoms with Crippen molar-refractivity contribution in [2.24, 2.45) is 0 Å². The first-order valence-electron chi connectivity index (χ1n) is 8.35. The van der Waals surface area contributed by atoms with E-state index in [9.17, 15) is 9.90 Å². The number of benzene rings is 2. The van der Waals surface area contributed by atoms with E-state index in [1.807, 2.05) is 48.5 Å². The number of amides is 1. The Hall–Kier alpha value is -2.53. The van der Waals surface area contributed by atoms with Crippen LogP contribution in [0.25, 0.3) is 0 Å². The van der Waals surface area contributed by atoms with Crippen LogP contribution >= 0.6 is 0 Å². The summed E-state index contributed by atoms with van der Waals surface area (Å²) in [6.45, 7) is 0.358. The highest BCUT2D eigenvalue weighted by molar-refractivity contribution is 5.79. The number of carbonyl (C=O) groups is 1. The van der Waals surface area contributed by atoms with E-state index in [0.717, 1.165) is 22.6 Å². The van der Waals surface area contributed by atoms with Gasteiger partial charge in [-0.2, -0.15) is 0 Å². The smallest absolute Gasteiger partial charge is 0.227 e. The highest BCUT2D eigenvalue weighted by atomic mass is 16.5. The second-order valence-electron chi connectivity index (χ2n) is 6.25. The molecule has 1 saturated heterocycles. The van der Waals surface area contributed by atoms with E-state index in [1.54, 1.807) is 19.1 Å². The van der Waals surface area contributed by atoms with Crippen molar-refractivity contribution < 1.29 is 19.4 Å². The SMILES string of the molecule is COc1ccc(CC(=O)N2C[C@@H](O)C[C@@H]2c2cccc(OC)c2)cc1. The topological polar surface area (TPSA) is 59.0 Å². The zero-order chi connectivity index (χ0) is 17.8. The Labute approximate surface area is 147 Å². The largest absolute Gasteiger partial charge is 0.497 e. The Bertz CT molecular complexity index is 729. The number of hydrogen-bond acceptors (Lipinski definition) is 4. The molecule has 1 fully saturated rings. The van der Waals surface area contributed by atoms with Crippen molar-refractivity contribution in [3.05, 3.63) is 59.7 Å². The summed E-state index contributed by atoms with van der Waals surface area (Å²) >= 11 is 0. The molecule has 0 spiro atoms. The number of β-amino-alcohol motifs (C(OH)–C–C–N with tert-alkyl or cyclic N) is 1. The number of methoxy groups -OCH3 is 2. The van der Waals surface area contributed by atoms with Gasteiger partial charge in [0.15, 0.2) is 0 Å². The number of hydrogen-bond donors (Lipinski definition) is 1. The van der Waals surface area contributed by atoms with E-state index in [0.29, 0.717) is 19.4 Å². The van der Waals surface area contributed by atoms with Gasteiger partial charge in [0.25, 0.3) is 0 Å². The number of rotatable bonds is 5. The lowest BCUT2D eigenvalue weighted by Crippen LogP contribution is -2.33. The van der Waals surface area contributed by atoms with Crippen LogP contribution in [0.1, 0.15) is 23.6 Å². The van der Waals surface area contributed by atoms with Crippen molar-refractivity contribution in [1.82, 2.24) is 4.90 Å². The molecule has 1 amide bonds. The number of carbonyl (C=O) groups excluding carboxylic acids is 1. The fourth-order valence-corrected chi connectivity index (χ4v) is 3.27. The van der Waals surface area contributed by atoms with Crippen LogP contribution < -0.4 is 9.47 Å². The zero-order valence-corrected chi connectivity index (χ0v) is 14.5. The van der Waals surface area contributed by atoms with Gasteiger partial charge in [0.05, 0.1) is 32.8 Å².